The highest BCUT2D eigenvalue weighted by Gasteiger charge is 2.13. The number of allylic oxidation sites excluding steroid dienone is 1. The lowest BCUT2D eigenvalue weighted by molar-refractivity contribution is 0.866. The smallest absolute Gasteiger partial charge is 0.188 e. The van der Waals surface area contributed by atoms with Gasteiger partial charge in [0, 0.05) is 29.5 Å². The van der Waals surface area contributed by atoms with Gasteiger partial charge in [0.1, 0.15) is 0 Å². The van der Waals surface area contributed by atoms with Gasteiger partial charge in [-0.3, -0.25) is 0 Å². The molecule has 0 aliphatic heterocycles. The molecule has 3 heteroatoms. The number of nitrogens with zero attached hydrogens (tertiary/aromatic N) is 2. The first-order chi connectivity index (χ1) is 10.7. The monoisotopic (exact) mass is 287 g/mol. The van der Waals surface area contributed by atoms with Crippen molar-refractivity contribution in [1.29, 1.82) is 0 Å². The molecule has 3 aromatic rings. The number of fused-ring (bicyclic) bond motifs is 1. The second-order valence-electron chi connectivity index (χ2n) is 5.32. The SMILES string of the molecule is [C-]#[N+]c1ccc2c(c1)c(-c1cccc(N)c1C)cn2CC=C. The van der Waals surface area contributed by atoms with Crippen LogP contribution < -0.4 is 5.73 Å². The van der Waals surface area contributed by atoms with Crippen LogP contribution in [0.1, 0.15) is 5.56 Å². The lowest BCUT2D eigenvalue weighted by atomic mass is 9.99. The van der Waals surface area contributed by atoms with E-state index in [0.29, 0.717) is 5.69 Å². The number of nitrogen functional groups attached to an aromatic ring is 1. The molecule has 0 radical (unpaired) electrons. The molecular formula is C19H17N3. The zero-order valence-corrected chi connectivity index (χ0v) is 12.5. The first kappa shape index (κ1) is 14.0. The van der Waals surface area contributed by atoms with Crippen molar-refractivity contribution in [3.63, 3.8) is 0 Å². The number of benzene rings is 2. The van der Waals surface area contributed by atoms with Crippen molar-refractivity contribution >= 4 is 22.3 Å². The summed E-state index contributed by atoms with van der Waals surface area (Å²) in [5, 5.41) is 1.07. The summed E-state index contributed by atoms with van der Waals surface area (Å²) in [5.74, 6) is 0. The van der Waals surface area contributed by atoms with Gasteiger partial charge >= 0.3 is 0 Å². The summed E-state index contributed by atoms with van der Waals surface area (Å²) in [6.07, 6.45) is 3.99. The van der Waals surface area contributed by atoms with Crippen LogP contribution in [0.2, 0.25) is 0 Å². The Kier molecular flexibility index (Phi) is 3.44. The molecule has 0 aliphatic rings. The van der Waals surface area contributed by atoms with Crippen LogP contribution in [0.3, 0.4) is 0 Å². The molecule has 1 heterocycles. The zero-order valence-electron chi connectivity index (χ0n) is 12.5. The van der Waals surface area contributed by atoms with Gasteiger partial charge in [-0.15, -0.1) is 6.58 Å². The molecule has 2 N–H and O–H groups in total. The van der Waals surface area contributed by atoms with Crippen LogP contribution >= 0.6 is 0 Å². The van der Waals surface area contributed by atoms with Crippen molar-refractivity contribution in [2.24, 2.45) is 0 Å². The molecule has 0 saturated carbocycles. The van der Waals surface area contributed by atoms with E-state index in [0.717, 1.165) is 39.8 Å². The summed E-state index contributed by atoms with van der Waals surface area (Å²) < 4.78 is 2.15. The third-order valence-electron chi connectivity index (χ3n) is 3.99. The van der Waals surface area contributed by atoms with Gasteiger partial charge in [0.2, 0.25) is 0 Å². The van der Waals surface area contributed by atoms with E-state index in [1.54, 1.807) is 0 Å². The Morgan fingerprint density at radius 3 is 2.82 bits per heavy atom. The Bertz CT molecular complexity index is 910. The molecule has 1 aromatic heterocycles. The van der Waals surface area contributed by atoms with Crippen molar-refractivity contribution in [2.45, 2.75) is 13.5 Å². The van der Waals surface area contributed by atoms with E-state index in [4.69, 9.17) is 12.3 Å². The van der Waals surface area contributed by atoms with Crippen molar-refractivity contribution in [1.82, 2.24) is 4.57 Å². The molecule has 3 nitrogen and oxygen atoms in total. The lowest BCUT2D eigenvalue weighted by Crippen LogP contribution is -1.92. The maximum atomic E-state index is 7.24. The minimum atomic E-state index is 0.645. The van der Waals surface area contributed by atoms with Crippen molar-refractivity contribution in [3.8, 4) is 11.1 Å². The summed E-state index contributed by atoms with van der Waals surface area (Å²) in [6.45, 7) is 13.8. The minimum absolute atomic E-state index is 0.645. The van der Waals surface area contributed by atoms with Crippen molar-refractivity contribution in [2.75, 3.05) is 5.73 Å². The third kappa shape index (κ3) is 2.15. The molecule has 22 heavy (non-hydrogen) atoms. The van der Waals surface area contributed by atoms with Gasteiger partial charge in [0.05, 0.1) is 6.57 Å². The minimum Gasteiger partial charge on any atom is -0.398 e. The van der Waals surface area contributed by atoms with E-state index in [2.05, 4.69) is 28.3 Å². The van der Waals surface area contributed by atoms with Gasteiger partial charge < -0.3 is 10.3 Å². The van der Waals surface area contributed by atoms with Crippen LogP contribution in [-0.2, 0) is 6.54 Å². The average molecular weight is 287 g/mol. The van der Waals surface area contributed by atoms with Crippen LogP contribution in [0, 0.1) is 13.5 Å². The fourth-order valence-corrected chi connectivity index (χ4v) is 2.80. The Hall–Kier alpha value is -2.99. The number of anilines is 1. The molecule has 2 aromatic carbocycles. The third-order valence-corrected chi connectivity index (χ3v) is 3.99. The van der Waals surface area contributed by atoms with Crippen molar-refractivity contribution < 1.29 is 0 Å². The zero-order chi connectivity index (χ0) is 15.7. The number of hydrogen-bond acceptors (Lipinski definition) is 1. The molecule has 0 fully saturated rings. The fourth-order valence-electron chi connectivity index (χ4n) is 2.80. The van der Waals surface area contributed by atoms with Gasteiger partial charge in [0.15, 0.2) is 5.69 Å². The molecule has 0 atom stereocenters. The van der Waals surface area contributed by atoms with Crippen LogP contribution in [-0.4, -0.2) is 4.57 Å². The molecule has 0 aliphatic carbocycles. The largest absolute Gasteiger partial charge is 0.398 e. The summed E-state index contributed by atoms with van der Waals surface area (Å²) in [5.41, 5.74) is 11.9. The normalized spacial score (nSPS) is 10.5. The number of hydrogen-bond donors (Lipinski definition) is 1. The first-order valence-corrected chi connectivity index (χ1v) is 7.12. The van der Waals surface area contributed by atoms with E-state index in [9.17, 15) is 0 Å². The summed E-state index contributed by atoms with van der Waals surface area (Å²) in [4.78, 5) is 3.55. The molecule has 108 valence electrons. The Morgan fingerprint density at radius 2 is 2.09 bits per heavy atom. The van der Waals surface area contributed by atoms with Gasteiger partial charge in [0.25, 0.3) is 0 Å². The van der Waals surface area contributed by atoms with Crippen LogP contribution in [0.25, 0.3) is 26.9 Å². The molecule has 0 saturated heterocycles. The van der Waals surface area contributed by atoms with Gasteiger partial charge in [-0.1, -0.05) is 24.3 Å². The molecule has 0 unspecified atom stereocenters. The molecule has 0 bridgehead atoms. The maximum absolute atomic E-state index is 7.24. The molecule has 3 rings (SSSR count). The fraction of sp³-hybridized carbons (Fsp3) is 0.105. The highest BCUT2D eigenvalue weighted by atomic mass is 14.9. The number of nitrogens with two attached hydrogens (primary N) is 1. The second kappa shape index (κ2) is 5.42. The average Bonchev–Trinajstić information content (AvgIpc) is 2.88. The van der Waals surface area contributed by atoms with Crippen LogP contribution in [0.5, 0.6) is 0 Å². The number of rotatable bonds is 3. The van der Waals surface area contributed by atoms with Gasteiger partial charge in [-0.2, -0.15) is 0 Å². The quantitative estimate of drug-likeness (QED) is 0.413. The maximum Gasteiger partial charge on any atom is 0.188 e. The number of aromatic nitrogens is 1. The van der Waals surface area contributed by atoms with Crippen molar-refractivity contribution in [3.05, 3.63) is 72.2 Å². The van der Waals surface area contributed by atoms with E-state index in [1.165, 1.54) is 0 Å². The highest BCUT2D eigenvalue weighted by molar-refractivity contribution is 5.99. The lowest BCUT2D eigenvalue weighted by Gasteiger charge is -2.07. The van der Waals surface area contributed by atoms with E-state index in [1.807, 2.05) is 43.3 Å². The van der Waals surface area contributed by atoms with Crippen LogP contribution in [0.4, 0.5) is 11.4 Å². The summed E-state index contributed by atoms with van der Waals surface area (Å²) >= 11 is 0. The summed E-state index contributed by atoms with van der Waals surface area (Å²) in [6, 6.07) is 11.7. The van der Waals surface area contributed by atoms with E-state index in [-0.39, 0.29) is 0 Å². The van der Waals surface area contributed by atoms with Gasteiger partial charge in [-0.25, -0.2) is 4.85 Å². The van der Waals surface area contributed by atoms with Crippen LogP contribution in [0.15, 0.2) is 55.3 Å². The Morgan fingerprint density at radius 1 is 1.27 bits per heavy atom. The van der Waals surface area contributed by atoms with Gasteiger partial charge in [-0.05, 0) is 41.6 Å². The predicted molar refractivity (Wildman–Crippen MR) is 93.0 cm³/mol. The van der Waals surface area contributed by atoms with E-state index < -0.39 is 0 Å². The molecule has 0 spiro atoms. The standard InChI is InChI=1S/C19H17N3/c1-4-10-22-12-17(15-6-5-7-18(20)13(15)2)16-11-14(21-3)8-9-19(16)22/h4-9,11-12H,1,10,20H2,2H3. The molecule has 0 amide bonds. The summed E-state index contributed by atoms with van der Waals surface area (Å²) in [7, 11) is 0. The Balaban J connectivity index is 2.35. The first-order valence-electron chi connectivity index (χ1n) is 7.12. The second-order valence-corrected chi connectivity index (χ2v) is 5.32. The highest BCUT2D eigenvalue weighted by Crippen LogP contribution is 2.36. The Labute approximate surface area is 130 Å². The molecular weight excluding hydrogens is 270 g/mol. The predicted octanol–water partition coefficient (Wildman–Crippen LogP) is 4.94. The topological polar surface area (TPSA) is 35.3 Å². The van der Waals surface area contributed by atoms with E-state index >= 15 is 0 Å².